The molecule has 4 aromatic rings. The predicted octanol–water partition coefficient (Wildman–Crippen LogP) is 6.13. The van der Waals surface area contributed by atoms with Gasteiger partial charge in [0.25, 0.3) is 0 Å². The Bertz CT molecular complexity index is 1160. The van der Waals surface area contributed by atoms with Gasteiger partial charge in [-0.25, -0.2) is 9.78 Å². The van der Waals surface area contributed by atoms with Crippen molar-refractivity contribution in [3.63, 3.8) is 0 Å². The molecule has 0 aliphatic carbocycles. The highest BCUT2D eigenvalue weighted by molar-refractivity contribution is 7.14. The molecule has 4 rings (SSSR count). The van der Waals surface area contributed by atoms with Gasteiger partial charge in [-0.2, -0.15) is 5.10 Å². The predicted molar refractivity (Wildman–Crippen MR) is 122 cm³/mol. The van der Waals surface area contributed by atoms with Gasteiger partial charge < -0.3 is 4.74 Å². The van der Waals surface area contributed by atoms with Gasteiger partial charge in [-0.15, -0.1) is 11.3 Å². The summed E-state index contributed by atoms with van der Waals surface area (Å²) in [5.41, 5.74) is 6.15. The molecule has 0 aliphatic rings. The molecule has 5 nitrogen and oxygen atoms in total. The number of nitrogens with zero attached hydrogens (tertiary/aromatic N) is 2. The molecule has 0 spiro atoms. The number of carbonyl (C=O) groups is 1. The zero-order chi connectivity index (χ0) is 20.8. The van der Waals surface area contributed by atoms with Crippen LogP contribution in [0.2, 0.25) is 5.02 Å². The van der Waals surface area contributed by atoms with Crippen LogP contribution in [0.15, 0.2) is 89.3 Å². The topological polar surface area (TPSA) is 63.6 Å². The Morgan fingerprint density at radius 3 is 2.47 bits per heavy atom. The lowest BCUT2D eigenvalue weighted by molar-refractivity contribution is 0.0735. The smallest absolute Gasteiger partial charge is 0.343 e. The van der Waals surface area contributed by atoms with E-state index in [0.29, 0.717) is 21.5 Å². The maximum absolute atomic E-state index is 12.1. The van der Waals surface area contributed by atoms with Crippen molar-refractivity contribution in [2.75, 3.05) is 5.43 Å². The van der Waals surface area contributed by atoms with Crippen LogP contribution in [0.1, 0.15) is 15.9 Å². The van der Waals surface area contributed by atoms with E-state index in [-0.39, 0.29) is 5.97 Å². The number of hydrogen-bond donors (Lipinski definition) is 1. The Balaban J connectivity index is 1.33. The van der Waals surface area contributed by atoms with E-state index >= 15 is 0 Å². The first-order valence-electron chi connectivity index (χ1n) is 9.05. The molecule has 0 saturated carbocycles. The van der Waals surface area contributed by atoms with Crippen molar-refractivity contribution in [2.45, 2.75) is 0 Å². The Morgan fingerprint density at radius 2 is 1.73 bits per heavy atom. The number of esters is 1. The van der Waals surface area contributed by atoms with Gasteiger partial charge in [-0.3, -0.25) is 5.43 Å². The summed E-state index contributed by atoms with van der Waals surface area (Å²) >= 11 is 7.38. The molecule has 0 amide bonds. The van der Waals surface area contributed by atoms with Crippen LogP contribution in [0.25, 0.3) is 11.3 Å². The van der Waals surface area contributed by atoms with Gasteiger partial charge in [0.15, 0.2) is 0 Å². The van der Waals surface area contributed by atoms with Gasteiger partial charge >= 0.3 is 5.97 Å². The van der Waals surface area contributed by atoms with Crippen molar-refractivity contribution in [1.29, 1.82) is 0 Å². The number of rotatable bonds is 6. The number of benzene rings is 3. The lowest BCUT2D eigenvalue weighted by Gasteiger charge is -2.04. The number of nitrogens with one attached hydrogen (secondary N) is 1. The molecule has 3 aromatic carbocycles. The zero-order valence-corrected chi connectivity index (χ0v) is 17.2. The molecule has 0 fully saturated rings. The van der Waals surface area contributed by atoms with Crippen molar-refractivity contribution < 1.29 is 9.53 Å². The summed E-state index contributed by atoms with van der Waals surface area (Å²) in [6.45, 7) is 0. The molecule has 0 saturated heterocycles. The molecule has 0 atom stereocenters. The molecule has 0 unspecified atom stereocenters. The minimum absolute atomic E-state index is 0.390. The molecular weight excluding hydrogens is 418 g/mol. The number of ether oxygens (including phenoxy) is 1. The number of hydrogen-bond acceptors (Lipinski definition) is 6. The minimum atomic E-state index is -0.390. The van der Waals surface area contributed by atoms with E-state index in [1.807, 2.05) is 47.8 Å². The van der Waals surface area contributed by atoms with Crippen LogP contribution in [0.5, 0.6) is 5.75 Å². The van der Waals surface area contributed by atoms with E-state index < -0.39 is 0 Å². The van der Waals surface area contributed by atoms with Crippen molar-refractivity contribution >= 4 is 40.3 Å². The summed E-state index contributed by atoms with van der Waals surface area (Å²) in [5, 5.41) is 7.55. The van der Waals surface area contributed by atoms with Crippen LogP contribution in [0.3, 0.4) is 0 Å². The summed E-state index contributed by atoms with van der Waals surface area (Å²) in [6.07, 6.45) is 1.67. The fraction of sp³-hybridized carbons (Fsp3) is 0. The maximum Gasteiger partial charge on any atom is 0.343 e. The Labute approximate surface area is 182 Å². The molecule has 1 N–H and O–H groups in total. The summed E-state index contributed by atoms with van der Waals surface area (Å²) in [4.78, 5) is 16.6. The first-order chi connectivity index (χ1) is 14.7. The molecule has 7 heteroatoms. The maximum atomic E-state index is 12.1. The van der Waals surface area contributed by atoms with Crippen LogP contribution in [0, 0.1) is 0 Å². The summed E-state index contributed by atoms with van der Waals surface area (Å²) in [7, 11) is 0. The van der Waals surface area contributed by atoms with Crippen molar-refractivity contribution in [3.05, 3.63) is 100 Å². The highest BCUT2D eigenvalue weighted by Crippen LogP contribution is 2.26. The lowest BCUT2D eigenvalue weighted by atomic mass is 10.2. The zero-order valence-electron chi connectivity index (χ0n) is 15.7. The third kappa shape index (κ3) is 5.11. The normalized spacial score (nSPS) is 10.8. The third-order valence-corrected chi connectivity index (χ3v) is 5.12. The summed E-state index contributed by atoms with van der Waals surface area (Å²) in [6, 6.07) is 23.5. The van der Waals surface area contributed by atoms with Gasteiger partial charge in [-0.1, -0.05) is 41.9 Å². The Morgan fingerprint density at radius 1 is 1.00 bits per heavy atom. The van der Waals surface area contributed by atoms with Gasteiger partial charge in [0.05, 0.1) is 17.5 Å². The fourth-order valence-electron chi connectivity index (χ4n) is 2.60. The monoisotopic (exact) mass is 433 g/mol. The molecule has 1 aromatic heterocycles. The van der Waals surface area contributed by atoms with E-state index in [1.54, 1.807) is 42.6 Å². The van der Waals surface area contributed by atoms with Crippen molar-refractivity contribution in [3.8, 4) is 17.0 Å². The molecular formula is C23H16ClN3O2S. The third-order valence-electron chi connectivity index (χ3n) is 4.12. The molecule has 1 heterocycles. The van der Waals surface area contributed by atoms with E-state index in [9.17, 15) is 4.79 Å². The van der Waals surface area contributed by atoms with Crippen LogP contribution in [0.4, 0.5) is 5.13 Å². The number of carbonyl (C=O) groups excluding carboxylic acids is 1. The standard InChI is InChI=1S/C23H16ClN3O2S/c24-19-10-8-17(9-11-19)21-15-30-23(26-21)27-25-14-16-6-12-20(13-7-16)29-22(28)18-4-2-1-3-5-18/h1-15H,(H,26,27)/b25-14-. The van der Waals surface area contributed by atoms with Crippen LogP contribution in [-0.4, -0.2) is 17.2 Å². The average molecular weight is 434 g/mol. The fourth-order valence-corrected chi connectivity index (χ4v) is 3.40. The van der Waals surface area contributed by atoms with Crippen molar-refractivity contribution in [1.82, 2.24) is 4.98 Å². The van der Waals surface area contributed by atoms with Crippen LogP contribution < -0.4 is 10.2 Å². The molecule has 148 valence electrons. The quantitative estimate of drug-likeness (QED) is 0.172. The SMILES string of the molecule is O=C(Oc1ccc(/C=N\Nc2nc(-c3ccc(Cl)cc3)cs2)cc1)c1ccccc1. The first kappa shape index (κ1) is 19.8. The summed E-state index contributed by atoms with van der Waals surface area (Å²) < 4.78 is 5.37. The molecule has 0 aliphatic heterocycles. The van der Waals surface area contributed by atoms with Crippen LogP contribution in [-0.2, 0) is 0 Å². The second-order valence-corrected chi connectivity index (χ2v) is 7.53. The highest BCUT2D eigenvalue weighted by Gasteiger charge is 2.07. The van der Waals surface area contributed by atoms with Crippen molar-refractivity contribution in [2.24, 2.45) is 5.10 Å². The number of hydrazone groups is 1. The number of thiazole rings is 1. The molecule has 0 radical (unpaired) electrons. The summed E-state index contributed by atoms with van der Waals surface area (Å²) in [5.74, 6) is 0.0837. The minimum Gasteiger partial charge on any atom is -0.423 e. The van der Waals surface area contributed by atoms with Crippen LogP contribution >= 0.6 is 22.9 Å². The second-order valence-electron chi connectivity index (χ2n) is 6.24. The first-order valence-corrected chi connectivity index (χ1v) is 10.3. The Hall–Kier alpha value is -3.48. The number of anilines is 1. The van der Waals surface area contributed by atoms with E-state index in [2.05, 4.69) is 15.5 Å². The van der Waals surface area contributed by atoms with Gasteiger partial charge in [0.2, 0.25) is 5.13 Å². The van der Waals surface area contributed by atoms with E-state index in [1.165, 1.54) is 11.3 Å². The second kappa shape index (κ2) is 9.35. The highest BCUT2D eigenvalue weighted by atomic mass is 35.5. The van der Waals surface area contributed by atoms with Gasteiger partial charge in [-0.05, 0) is 54.1 Å². The van der Waals surface area contributed by atoms with E-state index in [0.717, 1.165) is 16.8 Å². The number of halogens is 1. The molecule has 0 bridgehead atoms. The van der Waals surface area contributed by atoms with Gasteiger partial charge in [0, 0.05) is 16.0 Å². The average Bonchev–Trinajstić information content (AvgIpc) is 3.25. The largest absolute Gasteiger partial charge is 0.423 e. The Kier molecular flexibility index (Phi) is 6.17. The van der Waals surface area contributed by atoms with Gasteiger partial charge in [0.1, 0.15) is 5.75 Å². The van der Waals surface area contributed by atoms with E-state index in [4.69, 9.17) is 16.3 Å². The lowest BCUT2D eigenvalue weighted by Crippen LogP contribution is -2.08. The molecule has 30 heavy (non-hydrogen) atoms. The number of aromatic nitrogens is 1.